The lowest BCUT2D eigenvalue weighted by molar-refractivity contribution is -0.181. The van der Waals surface area contributed by atoms with Gasteiger partial charge in [0.25, 0.3) is 0 Å². The van der Waals surface area contributed by atoms with Gasteiger partial charge in [-0.3, -0.25) is 0 Å². The van der Waals surface area contributed by atoms with Crippen LogP contribution in [0.3, 0.4) is 0 Å². The van der Waals surface area contributed by atoms with Crippen molar-refractivity contribution in [1.29, 1.82) is 0 Å². The minimum Gasteiger partial charge on any atom is -0.425 e. The van der Waals surface area contributed by atoms with Gasteiger partial charge in [0.2, 0.25) is 5.79 Å². The van der Waals surface area contributed by atoms with Crippen molar-refractivity contribution in [3.63, 3.8) is 0 Å². The molecule has 0 bridgehead atoms. The molecule has 1 N–H and O–H groups in total. The van der Waals surface area contributed by atoms with Gasteiger partial charge in [0.1, 0.15) is 0 Å². The predicted octanol–water partition coefficient (Wildman–Crippen LogP) is 3.01. The van der Waals surface area contributed by atoms with E-state index < -0.39 is 11.8 Å². The van der Waals surface area contributed by atoms with Crippen molar-refractivity contribution >= 4 is 5.97 Å². The van der Waals surface area contributed by atoms with Crippen molar-refractivity contribution in [2.24, 2.45) is 0 Å². The summed E-state index contributed by atoms with van der Waals surface area (Å²) >= 11 is 0. The third kappa shape index (κ3) is 2.41. The van der Waals surface area contributed by atoms with E-state index in [-0.39, 0.29) is 0 Å². The van der Waals surface area contributed by atoms with E-state index in [9.17, 15) is 9.90 Å². The maximum Gasteiger partial charge on any atom is 0.336 e. The van der Waals surface area contributed by atoms with E-state index in [2.05, 4.69) is 19.1 Å². The molecule has 0 radical (unpaired) electrons. The van der Waals surface area contributed by atoms with E-state index in [0.717, 1.165) is 18.4 Å². The van der Waals surface area contributed by atoms with E-state index in [4.69, 9.17) is 4.74 Å². The molecule has 2 aliphatic rings. The molecule has 0 saturated heterocycles. The van der Waals surface area contributed by atoms with Crippen LogP contribution in [0.5, 0.6) is 0 Å². The Balaban J connectivity index is 2.41. The SMILES string of the molecule is CC1=CCC2=C(C)C(=O)O[C@]2(O)CC(C)=CCC1. The number of hydrogen-bond acceptors (Lipinski definition) is 3. The first-order valence-corrected chi connectivity index (χ1v) is 6.39. The zero-order valence-electron chi connectivity index (χ0n) is 11.2. The average Bonchev–Trinajstić information content (AvgIpc) is 2.47. The molecule has 1 heterocycles. The lowest BCUT2D eigenvalue weighted by Gasteiger charge is -2.25. The Morgan fingerprint density at radius 3 is 2.67 bits per heavy atom. The Hall–Kier alpha value is -1.35. The quantitative estimate of drug-likeness (QED) is 0.529. The first-order valence-electron chi connectivity index (χ1n) is 6.39. The van der Waals surface area contributed by atoms with Crippen LogP contribution < -0.4 is 0 Å². The molecule has 0 spiro atoms. The molecule has 3 nitrogen and oxygen atoms in total. The van der Waals surface area contributed by atoms with E-state index in [1.54, 1.807) is 6.92 Å². The molecule has 0 fully saturated rings. The van der Waals surface area contributed by atoms with Crippen LogP contribution in [0.1, 0.15) is 46.5 Å². The highest BCUT2D eigenvalue weighted by Crippen LogP contribution is 2.38. The fourth-order valence-corrected chi connectivity index (χ4v) is 2.54. The topological polar surface area (TPSA) is 46.5 Å². The van der Waals surface area contributed by atoms with Crippen molar-refractivity contribution < 1.29 is 14.6 Å². The summed E-state index contributed by atoms with van der Waals surface area (Å²) in [5.74, 6) is -1.83. The minimum atomic E-state index is -1.43. The Morgan fingerprint density at radius 1 is 1.22 bits per heavy atom. The standard InChI is InChI=1S/C15H20O3/c1-10-5-4-6-11(2)9-15(17)13(8-7-10)12(3)14(16)18-15/h6-7,17H,4-5,8-9H2,1-3H3/t15-/m1/s1. The van der Waals surface area contributed by atoms with E-state index in [1.807, 2.05) is 6.92 Å². The third-order valence-electron chi connectivity index (χ3n) is 3.70. The first-order chi connectivity index (χ1) is 8.42. The number of ether oxygens (including phenoxy) is 1. The summed E-state index contributed by atoms with van der Waals surface area (Å²) in [5, 5.41) is 10.6. The highest BCUT2D eigenvalue weighted by atomic mass is 16.7. The second-order valence-electron chi connectivity index (χ2n) is 5.30. The number of fused-ring (bicyclic) bond motifs is 1. The van der Waals surface area contributed by atoms with Gasteiger partial charge in [-0.25, -0.2) is 4.79 Å². The zero-order chi connectivity index (χ0) is 13.3. The normalized spacial score (nSPS) is 29.4. The zero-order valence-corrected chi connectivity index (χ0v) is 11.2. The van der Waals surface area contributed by atoms with E-state index in [0.29, 0.717) is 24.0 Å². The molecule has 1 atom stereocenters. The van der Waals surface area contributed by atoms with Crippen molar-refractivity contribution in [2.45, 2.75) is 52.2 Å². The van der Waals surface area contributed by atoms with Gasteiger partial charge in [0, 0.05) is 17.6 Å². The lowest BCUT2D eigenvalue weighted by Crippen LogP contribution is -2.32. The molecule has 0 aromatic rings. The van der Waals surface area contributed by atoms with Crippen molar-refractivity contribution in [3.8, 4) is 0 Å². The highest BCUT2D eigenvalue weighted by molar-refractivity contribution is 5.92. The summed E-state index contributed by atoms with van der Waals surface area (Å²) in [6, 6.07) is 0. The number of carbonyl (C=O) groups is 1. The van der Waals surface area contributed by atoms with Crippen LogP contribution in [0.25, 0.3) is 0 Å². The number of hydrogen-bond donors (Lipinski definition) is 1. The molecule has 18 heavy (non-hydrogen) atoms. The van der Waals surface area contributed by atoms with Crippen LogP contribution in [-0.4, -0.2) is 16.9 Å². The Kier molecular flexibility index (Phi) is 3.44. The minimum absolute atomic E-state index is 0.373. The van der Waals surface area contributed by atoms with Gasteiger partial charge >= 0.3 is 5.97 Å². The van der Waals surface area contributed by atoms with Crippen LogP contribution in [0.15, 0.2) is 34.4 Å². The summed E-state index contributed by atoms with van der Waals surface area (Å²) in [7, 11) is 0. The molecular formula is C15H20O3. The third-order valence-corrected chi connectivity index (χ3v) is 3.70. The number of carbonyl (C=O) groups excluding carboxylic acids is 1. The smallest absolute Gasteiger partial charge is 0.336 e. The fourth-order valence-electron chi connectivity index (χ4n) is 2.54. The second kappa shape index (κ2) is 4.73. The van der Waals surface area contributed by atoms with Crippen LogP contribution >= 0.6 is 0 Å². The maximum atomic E-state index is 11.6. The highest BCUT2D eigenvalue weighted by Gasteiger charge is 2.44. The van der Waals surface area contributed by atoms with Gasteiger partial charge in [-0.05, 0) is 40.0 Å². The number of allylic oxidation sites excluding steroid dienone is 3. The molecular weight excluding hydrogens is 228 g/mol. The number of rotatable bonds is 0. The van der Waals surface area contributed by atoms with Crippen LogP contribution in [0.2, 0.25) is 0 Å². The molecule has 0 saturated carbocycles. The van der Waals surface area contributed by atoms with Gasteiger partial charge in [0.05, 0.1) is 0 Å². The molecule has 1 aliphatic heterocycles. The van der Waals surface area contributed by atoms with Crippen LogP contribution in [0.4, 0.5) is 0 Å². The van der Waals surface area contributed by atoms with Crippen LogP contribution in [-0.2, 0) is 9.53 Å². The van der Waals surface area contributed by atoms with Crippen molar-refractivity contribution in [2.75, 3.05) is 0 Å². The molecule has 1 aliphatic carbocycles. The molecule has 0 aromatic carbocycles. The molecule has 98 valence electrons. The Labute approximate surface area is 108 Å². The van der Waals surface area contributed by atoms with E-state index in [1.165, 1.54) is 5.57 Å². The number of aliphatic hydroxyl groups is 1. The lowest BCUT2D eigenvalue weighted by atomic mass is 9.91. The van der Waals surface area contributed by atoms with Crippen molar-refractivity contribution in [1.82, 2.24) is 0 Å². The van der Waals surface area contributed by atoms with E-state index >= 15 is 0 Å². The molecule has 3 heteroatoms. The van der Waals surface area contributed by atoms with Gasteiger partial charge in [-0.15, -0.1) is 0 Å². The van der Waals surface area contributed by atoms with Gasteiger partial charge in [-0.2, -0.15) is 0 Å². The summed E-state index contributed by atoms with van der Waals surface area (Å²) in [4.78, 5) is 11.6. The van der Waals surface area contributed by atoms with Gasteiger partial charge in [0.15, 0.2) is 0 Å². The maximum absolute atomic E-state index is 11.6. The molecule has 0 aromatic heterocycles. The first kappa shape index (κ1) is 13.1. The largest absolute Gasteiger partial charge is 0.425 e. The summed E-state index contributed by atoms with van der Waals surface area (Å²) in [5.41, 5.74) is 3.60. The second-order valence-corrected chi connectivity index (χ2v) is 5.30. The summed E-state index contributed by atoms with van der Waals surface area (Å²) in [6.07, 6.45) is 7.15. The van der Waals surface area contributed by atoms with Gasteiger partial charge in [-0.1, -0.05) is 23.3 Å². The molecule has 0 amide bonds. The summed E-state index contributed by atoms with van der Waals surface area (Å²) in [6.45, 7) is 5.78. The Bertz CT molecular complexity index is 468. The number of esters is 1. The Morgan fingerprint density at radius 2 is 1.94 bits per heavy atom. The average molecular weight is 248 g/mol. The fraction of sp³-hybridized carbons (Fsp3) is 0.533. The molecule has 0 unspecified atom stereocenters. The van der Waals surface area contributed by atoms with Crippen molar-refractivity contribution in [3.05, 3.63) is 34.4 Å². The summed E-state index contributed by atoms with van der Waals surface area (Å²) < 4.78 is 5.18. The predicted molar refractivity (Wildman–Crippen MR) is 69.7 cm³/mol. The monoisotopic (exact) mass is 248 g/mol. The van der Waals surface area contributed by atoms with Gasteiger partial charge < -0.3 is 9.84 Å². The van der Waals surface area contributed by atoms with Crippen LogP contribution in [0, 0.1) is 0 Å². The molecule has 2 rings (SSSR count).